The maximum Gasteiger partial charge on any atom is 0.226 e. The Hall–Kier alpha value is -1.60. The van der Waals surface area contributed by atoms with Crippen molar-refractivity contribution >= 4 is 26.6 Å². The molecule has 1 aromatic carbocycles. The first-order chi connectivity index (χ1) is 7.53. The summed E-state index contributed by atoms with van der Waals surface area (Å²) >= 11 is 0. The van der Waals surface area contributed by atoms with E-state index in [-0.39, 0.29) is 10.9 Å². The molecule has 0 unspecified atom stereocenters. The normalized spacial score (nSPS) is 12.1. The van der Waals surface area contributed by atoms with Crippen molar-refractivity contribution < 1.29 is 13.5 Å². The number of sulfone groups is 1. The molecule has 0 aliphatic rings. The second-order valence-corrected chi connectivity index (χ2v) is 5.39. The number of hydrogen-bond acceptors (Lipinski definition) is 5. The molecule has 0 fully saturated rings. The van der Waals surface area contributed by atoms with Crippen LogP contribution in [0.1, 0.15) is 0 Å². The SMILES string of the molecule is Nc1ccc2nc(S(=O)(=O)CCO)[nH]c2c1. The Morgan fingerprint density at radius 2 is 2.19 bits per heavy atom. The number of hydrogen-bond donors (Lipinski definition) is 3. The van der Waals surface area contributed by atoms with Crippen LogP contribution in [0.2, 0.25) is 0 Å². The minimum atomic E-state index is -3.54. The highest BCUT2D eigenvalue weighted by molar-refractivity contribution is 7.91. The molecule has 0 saturated carbocycles. The highest BCUT2D eigenvalue weighted by Crippen LogP contribution is 2.17. The monoisotopic (exact) mass is 241 g/mol. The Labute approximate surface area is 92.0 Å². The molecule has 0 amide bonds. The summed E-state index contributed by atoms with van der Waals surface area (Å²) < 4.78 is 23.2. The molecule has 1 aromatic heterocycles. The zero-order valence-electron chi connectivity index (χ0n) is 8.34. The zero-order chi connectivity index (χ0) is 11.8. The van der Waals surface area contributed by atoms with Crippen molar-refractivity contribution in [3.63, 3.8) is 0 Å². The van der Waals surface area contributed by atoms with E-state index in [1.807, 2.05) is 0 Å². The number of fused-ring (bicyclic) bond motifs is 1. The molecule has 2 aromatic rings. The van der Waals surface area contributed by atoms with Crippen LogP contribution in [0.3, 0.4) is 0 Å². The van der Waals surface area contributed by atoms with E-state index in [0.717, 1.165) is 0 Å². The van der Waals surface area contributed by atoms with Crippen LogP contribution in [0.4, 0.5) is 5.69 Å². The number of nitrogens with one attached hydrogen (secondary N) is 1. The fourth-order valence-electron chi connectivity index (χ4n) is 1.37. The van der Waals surface area contributed by atoms with Crippen LogP contribution in [-0.2, 0) is 9.84 Å². The standard InChI is InChI=1S/C9H11N3O3S/c10-6-1-2-7-8(5-6)12-9(11-7)16(14,15)4-3-13/h1-2,5,13H,3-4,10H2,(H,11,12). The highest BCUT2D eigenvalue weighted by atomic mass is 32.2. The summed E-state index contributed by atoms with van der Waals surface area (Å²) in [7, 11) is -3.54. The summed E-state index contributed by atoms with van der Waals surface area (Å²) in [5.74, 6) is -0.345. The molecular weight excluding hydrogens is 230 g/mol. The minimum Gasteiger partial charge on any atom is -0.399 e. The van der Waals surface area contributed by atoms with Gasteiger partial charge in [0.1, 0.15) is 0 Å². The van der Waals surface area contributed by atoms with Crippen LogP contribution in [0, 0.1) is 0 Å². The second kappa shape index (κ2) is 3.76. The molecule has 0 bridgehead atoms. The first kappa shape index (κ1) is 10.9. The number of nitrogens with zero attached hydrogens (tertiary/aromatic N) is 1. The van der Waals surface area contributed by atoms with Crippen molar-refractivity contribution in [2.75, 3.05) is 18.1 Å². The molecule has 2 rings (SSSR count). The van der Waals surface area contributed by atoms with Gasteiger partial charge in [-0.1, -0.05) is 0 Å². The number of aromatic amines is 1. The number of anilines is 1. The molecule has 0 spiro atoms. The van der Waals surface area contributed by atoms with Gasteiger partial charge in [-0.3, -0.25) is 0 Å². The van der Waals surface area contributed by atoms with Gasteiger partial charge < -0.3 is 15.8 Å². The third-order valence-electron chi connectivity index (χ3n) is 2.14. The first-order valence-electron chi connectivity index (χ1n) is 4.62. The van der Waals surface area contributed by atoms with Gasteiger partial charge in [0, 0.05) is 5.69 Å². The minimum absolute atomic E-state index is 0.137. The summed E-state index contributed by atoms with van der Waals surface area (Å²) in [5, 5.41) is 8.50. The van der Waals surface area contributed by atoms with Crippen molar-refractivity contribution in [1.29, 1.82) is 0 Å². The highest BCUT2D eigenvalue weighted by Gasteiger charge is 2.18. The summed E-state index contributed by atoms with van der Waals surface area (Å²) in [6, 6.07) is 4.89. The van der Waals surface area contributed by atoms with Crippen molar-refractivity contribution in [2.45, 2.75) is 5.16 Å². The first-order valence-corrected chi connectivity index (χ1v) is 6.27. The number of benzene rings is 1. The average molecular weight is 241 g/mol. The van der Waals surface area contributed by atoms with E-state index in [2.05, 4.69) is 9.97 Å². The van der Waals surface area contributed by atoms with E-state index >= 15 is 0 Å². The number of aromatic nitrogens is 2. The van der Waals surface area contributed by atoms with E-state index in [0.29, 0.717) is 16.7 Å². The van der Waals surface area contributed by atoms with Gasteiger partial charge in [0.2, 0.25) is 15.0 Å². The summed E-state index contributed by atoms with van der Waals surface area (Å²) in [6.07, 6.45) is 0. The van der Waals surface area contributed by atoms with E-state index in [1.54, 1.807) is 18.2 Å². The predicted molar refractivity (Wildman–Crippen MR) is 59.6 cm³/mol. The molecule has 0 saturated heterocycles. The lowest BCUT2D eigenvalue weighted by Gasteiger charge is -1.95. The number of imidazole rings is 1. The van der Waals surface area contributed by atoms with Crippen molar-refractivity contribution in [3.8, 4) is 0 Å². The van der Waals surface area contributed by atoms with Crippen LogP contribution in [-0.4, -0.2) is 35.9 Å². The molecule has 1 heterocycles. The van der Waals surface area contributed by atoms with Crippen LogP contribution in [0.15, 0.2) is 23.4 Å². The Morgan fingerprint density at radius 3 is 2.88 bits per heavy atom. The van der Waals surface area contributed by atoms with Gasteiger partial charge >= 0.3 is 0 Å². The summed E-state index contributed by atoms with van der Waals surface area (Å²) in [4.78, 5) is 6.61. The van der Waals surface area contributed by atoms with Crippen LogP contribution in [0.25, 0.3) is 11.0 Å². The van der Waals surface area contributed by atoms with Crippen molar-refractivity contribution in [3.05, 3.63) is 18.2 Å². The smallest absolute Gasteiger partial charge is 0.226 e. The lowest BCUT2D eigenvalue weighted by atomic mass is 10.3. The molecule has 7 heteroatoms. The molecular formula is C9H11N3O3S. The van der Waals surface area contributed by atoms with Crippen molar-refractivity contribution in [2.24, 2.45) is 0 Å². The number of nitrogens with two attached hydrogens (primary N) is 1. The number of aliphatic hydroxyl groups is 1. The molecule has 16 heavy (non-hydrogen) atoms. The van der Waals surface area contributed by atoms with Crippen LogP contribution < -0.4 is 5.73 Å². The fraction of sp³-hybridized carbons (Fsp3) is 0.222. The lowest BCUT2D eigenvalue weighted by Crippen LogP contribution is -2.11. The maximum absolute atomic E-state index is 11.6. The number of H-pyrrole nitrogens is 1. The van der Waals surface area contributed by atoms with E-state index < -0.39 is 16.4 Å². The van der Waals surface area contributed by atoms with Gasteiger partial charge in [0.05, 0.1) is 23.4 Å². The Morgan fingerprint density at radius 1 is 1.44 bits per heavy atom. The largest absolute Gasteiger partial charge is 0.399 e. The molecule has 0 radical (unpaired) electrons. The van der Waals surface area contributed by atoms with Gasteiger partial charge in [-0.25, -0.2) is 13.4 Å². The number of nitrogen functional groups attached to an aromatic ring is 1. The fourth-order valence-corrected chi connectivity index (χ4v) is 2.30. The quantitative estimate of drug-likeness (QED) is 0.651. The van der Waals surface area contributed by atoms with Gasteiger partial charge in [-0.2, -0.15) is 0 Å². The molecule has 6 nitrogen and oxygen atoms in total. The van der Waals surface area contributed by atoms with E-state index in [4.69, 9.17) is 10.8 Å². The lowest BCUT2D eigenvalue weighted by molar-refractivity contribution is 0.319. The Balaban J connectivity index is 2.55. The Bertz CT molecular complexity index is 618. The summed E-state index contributed by atoms with van der Waals surface area (Å²) in [5.41, 5.74) is 7.19. The van der Waals surface area contributed by atoms with E-state index in [9.17, 15) is 8.42 Å². The third kappa shape index (κ3) is 1.86. The number of rotatable bonds is 3. The average Bonchev–Trinajstić information content (AvgIpc) is 2.61. The Kier molecular flexibility index (Phi) is 2.56. The van der Waals surface area contributed by atoms with E-state index in [1.165, 1.54) is 0 Å². The van der Waals surface area contributed by atoms with Crippen molar-refractivity contribution in [1.82, 2.24) is 9.97 Å². The molecule has 4 N–H and O–H groups in total. The van der Waals surface area contributed by atoms with Gasteiger partial charge in [-0.15, -0.1) is 0 Å². The molecule has 86 valence electrons. The van der Waals surface area contributed by atoms with Gasteiger partial charge in [0.25, 0.3) is 0 Å². The number of aliphatic hydroxyl groups excluding tert-OH is 1. The maximum atomic E-state index is 11.6. The topological polar surface area (TPSA) is 109 Å². The van der Waals surface area contributed by atoms with Gasteiger partial charge in [0.15, 0.2) is 0 Å². The zero-order valence-corrected chi connectivity index (χ0v) is 9.16. The molecule has 0 atom stereocenters. The molecule has 0 aliphatic carbocycles. The predicted octanol–water partition coefficient (Wildman–Crippen LogP) is -0.0889. The molecule has 0 aliphatic heterocycles. The summed E-state index contributed by atoms with van der Waals surface area (Å²) in [6.45, 7) is -0.429. The van der Waals surface area contributed by atoms with Gasteiger partial charge in [-0.05, 0) is 18.2 Å². The van der Waals surface area contributed by atoms with Crippen LogP contribution in [0.5, 0.6) is 0 Å². The second-order valence-electron chi connectivity index (χ2n) is 3.36. The van der Waals surface area contributed by atoms with Crippen LogP contribution >= 0.6 is 0 Å². The third-order valence-corrected chi connectivity index (χ3v) is 3.64.